The van der Waals surface area contributed by atoms with E-state index < -0.39 is 17.9 Å². The molecular weight excluding hydrogens is 328 g/mol. The van der Waals surface area contributed by atoms with Crippen molar-refractivity contribution in [3.05, 3.63) is 41.6 Å². The average molecular weight is 350 g/mol. The van der Waals surface area contributed by atoms with Crippen molar-refractivity contribution in [2.45, 2.75) is 19.4 Å². The second kappa shape index (κ2) is 10.5. The van der Waals surface area contributed by atoms with Crippen molar-refractivity contribution in [3.8, 4) is 0 Å². The van der Waals surface area contributed by atoms with E-state index in [0.717, 1.165) is 5.56 Å². The van der Waals surface area contributed by atoms with E-state index in [1.54, 1.807) is 30.0 Å². The maximum Gasteiger partial charge on any atom is 0.328 e. The van der Waals surface area contributed by atoms with Crippen LogP contribution in [0.1, 0.15) is 18.9 Å². The Kier molecular flexibility index (Phi) is 8.64. The third-order valence-electron chi connectivity index (χ3n) is 3.07. The van der Waals surface area contributed by atoms with Gasteiger partial charge in [-0.15, -0.1) is 0 Å². The van der Waals surface area contributed by atoms with E-state index >= 15 is 0 Å². The maximum absolute atomic E-state index is 12.5. The molecule has 0 saturated carbocycles. The minimum atomic E-state index is -0.761. The molecule has 2 N–H and O–H groups in total. The maximum atomic E-state index is 12.5. The van der Waals surface area contributed by atoms with Gasteiger partial charge in [-0.25, -0.2) is 4.79 Å². The van der Waals surface area contributed by atoms with Crippen molar-refractivity contribution < 1.29 is 19.1 Å². The van der Waals surface area contributed by atoms with Crippen molar-refractivity contribution in [2.24, 2.45) is 0 Å². The highest BCUT2D eigenvalue weighted by Gasteiger charge is 2.23. The van der Waals surface area contributed by atoms with Gasteiger partial charge < -0.3 is 15.4 Å². The number of benzene rings is 1. The van der Waals surface area contributed by atoms with Gasteiger partial charge in [0.05, 0.1) is 7.11 Å². The molecule has 0 radical (unpaired) electrons. The first kappa shape index (κ1) is 19.8. The van der Waals surface area contributed by atoms with Gasteiger partial charge in [0.1, 0.15) is 11.7 Å². The minimum absolute atomic E-state index is 0.0757. The summed E-state index contributed by atoms with van der Waals surface area (Å²) in [5.74, 6) is -0.728. The lowest BCUT2D eigenvalue weighted by Crippen LogP contribution is -2.44. The van der Waals surface area contributed by atoms with E-state index in [2.05, 4.69) is 10.6 Å². The van der Waals surface area contributed by atoms with E-state index in [4.69, 9.17) is 4.74 Å². The van der Waals surface area contributed by atoms with Crippen LogP contribution in [0.25, 0.3) is 6.08 Å². The lowest BCUT2D eigenvalue weighted by Gasteiger charge is -2.17. The summed E-state index contributed by atoms with van der Waals surface area (Å²) in [6, 6.07) is 8.35. The number of amides is 2. The molecule has 0 aliphatic rings. The summed E-state index contributed by atoms with van der Waals surface area (Å²) in [4.78, 5) is 35.6. The van der Waals surface area contributed by atoms with Gasteiger partial charge in [-0.05, 0) is 30.1 Å². The molecular formula is C17H22N2O4S. The van der Waals surface area contributed by atoms with E-state index in [-0.39, 0.29) is 11.6 Å². The van der Waals surface area contributed by atoms with Crippen molar-refractivity contribution in [1.82, 2.24) is 10.6 Å². The average Bonchev–Trinajstić information content (AvgIpc) is 2.57. The Bertz CT molecular complexity index is 602. The lowest BCUT2D eigenvalue weighted by atomic mass is 10.1. The molecule has 7 heteroatoms. The van der Waals surface area contributed by atoms with Crippen LogP contribution in [0.15, 0.2) is 36.0 Å². The van der Waals surface area contributed by atoms with Crippen molar-refractivity contribution in [1.29, 1.82) is 0 Å². The SMILES string of the molecule is COC(=O)[C@@H](CCSC)NC(=O)/C(=C/c1ccccc1)NC(C)=O. The zero-order chi connectivity index (χ0) is 17.9. The fourth-order valence-corrected chi connectivity index (χ4v) is 2.40. The van der Waals surface area contributed by atoms with Gasteiger partial charge in [-0.1, -0.05) is 30.3 Å². The highest BCUT2D eigenvalue weighted by atomic mass is 32.2. The molecule has 0 bridgehead atoms. The molecule has 0 fully saturated rings. The predicted octanol–water partition coefficient (Wildman–Crippen LogP) is 1.57. The Morgan fingerprint density at radius 3 is 2.46 bits per heavy atom. The summed E-state index contributed by atoms with van der Waals surface area (Å²) in [5.41, 5.74) is 0.835. The van der Waals surface area contributed by atoms with Crippen molar-refractivity contribution in [3.63, 3.8) is 0 Å². The monoisotopic (exact) mass is 350 g/mol. The number of rotatable bonds is 8. The van der Waals surface area contributed by atoms with Gasteiger partial charge in [-0.2, -0.15) is 11.8 Å². The number of ether oxygens (including phenoxy) is 1. The molecule has 6 nitrogen and oxygen atoms in total. The van der Waals surface area contributed by atoms with E-state index in [1.165, 1.54) is 14.0 Å². The molecule has 0 heterocycles. The number of hydrogen-bond acceptors (Lipinski definition) is 5. The van der Waals surface area contributed by atoms with Gasteiger partial charge in [0.2, 0.25) is 5.91 Å². The number of thioether (sulfide) groups is 1. The van der Waals surface area contributed by atoms with Gasteiger partial charge in [0.25, 0.3) is 5.91 Å². The Morgan fingerprint density at radius 1 is 1.25 bits per heavy atom. The second-order valence-electron chi connectivity index (χ2n) is 4.98. The number of methoxy groups -OCH3 is 1. The number of nitrogens with one attached hydrogen (secondary N) is 2. The highest BCUT2D eigenvalue weighted by Crippen LogP contribution is 2.07. The van der Waals surface area contributed by atoms with Crippen LogP contribution in [0, 0.1) is 0 Å². The molecule has 130 valence electrons. The Labute approximate surface area is 146 Å². The third-order valence-corrected chi connectivity index (χ3v) is 3.71. The molecule has 0 aliphatic carbocycles. The zero-order valence-corrected chi connectivity index (χ0v) is 14.8. The number of carbonyl (C=O) groups is 3. The van der Waals surface area contributed by atoms with Crippen LogP contribution >= 0.6 is 11.8 Å². The Hall–Kier alpha value is -2.28. The van der Waals surface area contributed by atoms with Gasteiger partial charge in [0, 0.05) is 6.92 Å². The topological polar surface area (TPSA) is 84.5 Å². The van der Waals surface area contributed by atoms with Gasteiger partial charge in [0.15, 0.2) is 0 Å². The molecule has 24 heavy (non-hydrogen) atoms. The summed E-state index contributed by atoms with van der Waals surface area (Å²) in [6.07, 6.45) is 3.91. The van der Waals surface area contributed by atoms with Crippen LogP contribution in [-0.2, 0) is 19.1 Å². The number of esters is 1. The normalized spacial score (nSPS) is 12.2. The molecule has 0 aliphatic heterocycles. The molecule has 1 atom stereocenters. The van der Waals surface area contributed by atoms with Gasteiger partial charge >= 0.3 is 5.97 Å². The number of hydrogen-bond donors (Lipinski definition) is 2. The molecule has 1 rings (SSSR count). The fourth-order valence-electron chi connectivity index (χ4n) is 1.93. The molecule has 0 unspecified atom stereocenters. The van der Waals surface area contributed by atoms with Crippen molar-refractivity contribution >= 4 is 35.6 Å². The first-order valence-electron chi connectivity index (χ1n) is 7.40. The van der Waals surface area contributed by atoms with E-state index in [0.29, 0.717) is 12.2 Å². The standard InChI is InChI=1S/C17H22N2O4S/c1-12(20)18-15(11-13-7-5-4-6-8-13)16(21)19-14(9-10-24-3)17(22)23-2/h4-8,11,14H,9-10H2,1-3H3,(H,18,20)(H,19,21)/b15-11-/t14-/m1/s1. The van der Waals surface area contributed by atoms with Crippen LogP contribution in [0.4, 0.5) is 0 Å². The minimum Gasteiger partial charge on any atom is -0.467 e. The quantitative estimate of drug-likeness (QED) is 0.549. The summed E-state index contributed by atoms with van der Waals surface area (Å²) < 4.78 is 4.72. The predicted molar refractivity (Wildman–Crippen MR) is 95.2 cm³/mol. The summed E-state index contributed by atoms with van der Waals surface area (Å²) in [5, 5.41) is 5.12. The molecule has 1 aromatic rings. The summed E-state index contributed by atoms with van der Waals surface area (Å²) in [7, 11) is 1.27. The van der Waals surface area contributed by atoms with E-state index in [9.17, 15) is 14.4 Å². The van der Waals surface area contributed by atoms with Crippen LogP contribution < -0.4 is 10.6 Å². The van der Waals surface area contributed by atoms with Gasteiger partial charge in [-0.3, -0.25) is 9.59 Å². The Balaban J connectivity index is 2.95. The van der Waals surface area contributed by atoms with Crippen LogP contribution in [-0.4, -0.2) is 42.9 Å². The summed E-state index contributed by atoms with van der Waals surface area (Å²) in [6.45, 7) is 1.32. The van der Waals surface area contributed by atoms with Crippen LogP contribution in [0.3, 0.4) is 0 Å². The first-order chi connectivity index (χ1) is 11.5. The second-order valence-corrected chi connectivity index (χ2v) is 5.97. The summed E-state index contributed by atoms with van der Waals surface area (Å²) >= 11 is 1.56. The largest absolute Gasteiger partial charge is 0.467 e. The molecule has 0 spiro atoms. The van der Waals surface area contributed by atoms with Crippen LogP contribution in [0.2, 0.25) is 0 Å². The first-order valence-corrected chi connectivity index (χ1v) is 8.79. The molecule has 0 saturated heterocycles. The molecule has 0 aromatic heterocycles. The van der Waals surface area contributed by atoms with Crippen molar-refractivity contribution in [2.75, 3.05) is 19.1 Å². The third kappa shape index (κ3) is 6.87. The lowest BCUT2D eigenvalue weighted by molar-refractivity contribution is -0.144. The smallest absolute Gasteiger partial charge is 0.328 e. The molecule has 2 amide bonds. The zero-order valence-electron chi connectivity index (χ0n) is 14.0. The number of carbonyl (C=O) groups excluding carboxylic acids is 3. The van der Waals surface area contributed by atoms with Crippen LogP contribution in [0.5, 0.6) is 0 Å². The fraction of sp³-hybridized carbons (Fsp3) is 0.353. The molecule has 1 aromatic carbocycles. The Morgan fingerprint density at radius 2 is 1.92 bits per heavy atom. The highest BCUT2D eigenvalue weighted by molar-refractivity contribution is 7.98. The van der Waals surface area contributed by atoms with E-state index in [1.807, 2.05) is 24.5 Å².